The van der Waals surface area contributed by atoms with Gasteiger partial charge in [0.15, 0.2) is 0 Å². The summed E-state index contributed by atoms with van der Waals surface area (Å²) in [5.41, 5.74) is 0.855. The smallest absolute Gasteiger partial charge is 0.310 e. The highest BCUT2D eigenvalue weighted by atomic mass is 16.5. The number of carbonyl (C=O) groups excluding carboxylic acids is 2. The van der Waals surface area contributed by atoms with Crippen molar-refractivity contribution in [2.24, 2.45) is 5.92 Å². The Morgan fingerprint density at radius 3 is 2.52 bits per heavy atom. The van der Waals surface area contributed by atoms with E-state index in [9.17, 15) is 9.59 Å². The van der Waals surface area contributed by atoms with Crippen LogP contribution in [0.5, 0.6) is 5.75 Å². The molecule has 0 aliphatic rings. The van der Waals surface area contributed by atoms with Gasteiger partial charge >= 0.3 is 5.97 Å². The van der Waals surface area contributed by atoms with Gasteiger partial charge in [0.25, 0.3) is 0 Å². The first-order valence-corrected chi connectivity index (χ1v) is 9.30. The van der Waals surface area contributed by atoms with Gasteiger partial charge in [-0.1, -0.05) is 32.0 Å². The lowest BCUT2D eigenvalue weighted by molar-refractivity contribution is -0.146. The highest BCUT2D eigenvalue weighted by molar-refractivity contribution is 5.92. The van der Waals surface area contributed by atoms with Crippen LogP contribution in [0.2, 0.25) is 0 Å². The number of esters is 1. The van der Waals surface area contributed by atoms with Crippen molar-refractivity contribution >= 4 is 18.0 Å². The maximum atomic E-state index is 12.7. The quantitative estimate of drug-likeness (QED) is 0.439. The van der Waals surface area contributed by atoms with Crippen molar-refractivity contribution in [3.63, 3.8) is 0 Å². The van der Waals surface area contributed by atoms with Gasteiger partial charge in [0.2, 0.25) is 5.91 Å². The van der Waals surface area contributed by atoms with E-state index in [1.807, 2.05) is 50.2 Å². The highest BCUT2D eigenvalue weighted by Gasteiger charge is 2.20. The molecule has 0 fully saturated rings. The van der Waals surface area contributed by atoms with Gasteiger partial charge in [-0.3, -0.25) is 9.59 Å². The molecule has 0 aliphatic carbocycles. The summed E-state index contributed by atoms with van der Waals surface area (Å²) >= 11 is 0. The molecule has 150 valence electrons. The molecular formula is C21H32N2O4. The summed E-state index contributed by atoms with van der Waals surface area (Å²) in [6.45, 7) is 6.00. The Bertz CT molecular complexity index is 628. The fourth-order valence-corrected chi connectivity index (χ4v) is 2.45. The van der Waals surface area contributed by atoms with E-state index < -0.39 is 0 Å². The van der Waals surface area contributed by atoms with Gasteiger partial charge in [-0.25, -0.2) is 0 Å². The van der Waals surface area contributed by atoms with E-state index >= 15 is 0 Å². The zero-order valence-corrected chi connectivity index (χ0v) is 17.1. The van der Waals surface area contributed by atoms with Gasteiger partial charge < -0.3 is 19.3 Å². The minimum absolute atomic E-state index is 0.141. The first kappa shape index (κ1) is 22.7. The summed E-state index contributed by atoms with van der Waals surface area (Å²) in [5, 5.41) is 0. The fraction of sp³-hybridized carbons (Fsp3) is 0.524. The normalized spacial score (nSPS) is 12.2. The number of amides is 1. The largest absolute Gasteiger partial charge is 0.493 e. The third kappa shape index (κ3) is 8.26. The van der Waals surface area contributed by atoms with Gasteiger partial charge in [-0.15, -0.1) is 0 Å². The van der Waals surface area contributed by atoms with Gasteiger partial charge in [-0.2, -0.15) is 0 Å². The number of methoxy groups -OCH3 is 1. The Morgan fingerprint density at radius 1 is 1.19 bits per heavy atom. The summed E-state index contributed by atoms with van der Waals surface area (Å²) in [4.78, 5) is 28.1. The second-order valence-electron chi connectivity index (χ2n) is 6.73. The lowest BCUT2D eigenvalue weighted by atomic mass is 10.1. The molecule has 0 bridgehead atoms. The number of nitrogens with zero attached hydrogens (tertiary/aromatic N) is 2. The number of para-hydroxylation sites is 1. The maximum absolute atomic E-state index is 12.7. The Kier molecular flexibility index (Phi) is 10.2. The zero-order chi connectivity index (χ0) is 20.2. The molecule has 0 spiro atoms. The van der Waals surface area contributed by atoms with Crippen LogP contribution in [0.3, 0.4) is 0 Å². The van der Waals surface area contributed by atoms with E-state index in [-0.39, 0.29) is 17.8 Å². The van der Waals surface area contributed by atoms with Crippen LogP contribution >= 0.6 is 0 Å². The number of hydrogen-bond donors (Lipinski definition) is 0. The second-order valence-corrected chi connectivity index (χ2v) is 6.73. The van der Waals surface area contributed by atoms with E-state index in [0.717, 1.165) is 17.7 Å². The predicted molar refractivity (Wildman–Crippen MR) is 108 cm³/mol. The molecule has 0 aromatic heterocycles. The SMILES string of the molecule is CCCOc1ccccc1/C=C/C(=O)N(CCN(C)C)CC(C)C(=O)OC. The molecule has 0 aliphatic heterocycles. The van der Waals surface area contributed by atoms with E-state index in [2.05, 4.69) is 0 Å². The number of rotatable bonds is 11. The Morgan fingerprint density at radius 2 is 1.89 bits per heavy atom. The van der Waals surface area contributed by atoms with Crippen molar-refractivity contribution in [3.8, 4) is 5.75 Å². The predicted octanol–water partition coefficient (Wildman–Crippen LogP) is 2.69. The molecule has 6 nitrogen and oxygen atoms in total. The number of benzene rings is 1. The zero-order valence-electron chi connectivity index (χ0n) is 17.1. The van der Waals surface area contributed by atoms with Crippen LogP contribution in [0.15, 0.2) is 30.3 Å². The van der Waals surface area contributed by atoms with Crippen LogP contribution in [0.4, 0.5) is 0 Å². The van der Waals surface area contributed by atoms with Crippen LogP contribution in [-0.2, 0) is 14.3 Å². The van der Waals surface area contributed by atoms with Crippen LogP contribution in [-0.4, -0.2) is 69.1 Å². The first-order valence-electron chi connectivity index (χ1n) is 9.30. The summed E-state index contributed by atoms with van der Waals surface area (Å²) in [6, 6.07) is 7.62. The Balaban J connectivity index is 2.88. The molecule has 0 radical (unpaired) electrons. The third-order valence-corrected chi connectivity index (χ3v) is 4.01. The summed E-state index contributed by atoms with van der Waals surface area (Å²) in [5.74, 6) is -0.0845. The van der Waals surface area contributed by atoms with Crippen molar-refractivity contribution in [1.82, 2.24) is 9.80 Å². The molecule has 1 amide bonds. The van der Waals surface area contributed by atoms with Crippen molar-refractivity contribution in [2.75, 3.05) is 47.4 Å². The lowest BCUT2D eigenvalue weighted by Gasteiger charge is -2.25. The molecule has 1 aromatic rings. The first-order chi connectivity index (χ1) is 12.9. The third-order valence-electron chi connectivity index (χ3n) is 4.01. The number of carbonyl (C=O) groups is 2. The lowest BCUT2D eigenvalue weighted by Crippen LogP contribution is -2.40. The maximum Gasteiger partial charge on any atom is 0.310 e. The van der Waals surface area contributed by atoms with Crippen molar-refractivity contribution in [3.05, 3.63) is 35.9 Å². The van der Waals surface area contributed by atoms with E-state index in [4.69, 9.17) is 9.47 Å². The van der Waals surface area contributed by atoms with E-state index in [0.29, 0.717) is 26.2 Å². The summed E-state index contributed by atoms with van der Waals surface area (Å²) in [6.07, 6.45) is 4.22. The molecule has 1 atom stereocenters. The van der Waals surface area contributed by atoms with Crippen LogP contribution in [0.25, 0.3) is 6.08 Å². The average Bonchev–Trinajstić information content (AvgIpc) is 2.67. The number of likely N-dealkylation sites (N-methyl/N-ethyl adjacent to an activating group) is 1. The standard InChI is InChI=1S/C21H32N2O4/c1-6-15-27-19-10-8-7-9-18(19)11-12-20(24)23(14-13-22(3)4)16-17(2)21(25)26-5/h7-12,17H,6,13-16H2,1-5H3/b12-11+. The number of ether oxygens (including phenoxy) is 2. The molecule has 0 saturated carbocycles. The molecule has 6 heteroatoms. The van der Waals surface area contributed by atoms with Crippen LogP contribution < -0.4 is 4.74 Å². The van der Waals surface area contributed by atoms with Gasteiger partial charge in [0, 0.05) is 31.3 Å². The fourth-order valence-electron chi connectivity index (χ4n) is 2.45. The van der Waals surface area contributed by atoms with Crippen LogP contribution in [0.1, 0.15) is 25.8 Å². The Hall–Kier alpha value is -2.34. The molecule has 0 N–H and O–H groups in total. The summed E-state index contributed by atoms with van der Waals surface area (Å²) < 4.78 is 10.5. The molecule has 1 aromatic carbocycles. The van der Waals surface area contributed by atoms with Gasteiger partial charge in [0.1, 0.15) is 5.75 Å². The molecule has 1 rings (SSSR count). The topological polar surface area (TPSA) is 59.1 Å². The van der Waals surface area contributed by atoms with E-state index in [1.165, 1.54) is 13.2 Å². The van der Waals surface area contributed by atoms with Crippen molar-refractivity contribution < 1.29 is 19.1 Å². The highest BCUT2D eigenvalue weighted by Crippen LogP contribution is 2.20. The minimum Gasteiger partial charge on any atom is -0.493 e. The van der Waals surface area contributed by atoms with Crippen molar-refractivity contribution in [2.45, 2.75) is 20.3 Å². The summed E-state index contributed by atoms with van der Waals surface area (Å²) in [7, 11) is 5.26. The molecule has 1 unspecified atom stereocenters. The Labute approximate surface area is 162 Å². The monoisotopic (exact) mass is 376 g/mol. The molecular weight excluding hydrogens is 344 g/mol. The second kappa shape index (κ2) is 12.1. The molecule has 0 heterocycles. The molecule has 0 saturated heterocycles. The number of hydrogen-bond acceptors (Lipinski definition) is 5. The average molecular weight is 376 g/mol. The van der Waals surface area contributed by atoms with E-state index in [1.54, 1.807) is 17.9 Å². The van der Waals surface area contributed by atoms with Gasteiger partial charge in [-0.05, 0) is 32.7 Å². The molecule has 27 heavy (non-hydrogen) atoms. The minimum atomic E-state index is -0.380. The van der Waals surface area contributed by atoms with Gasteiger partial charge in [0.05, 0.1) is 19.6 Å². The van der Waals surface area contributed by atoms with Crippen LogP contribution in [0, 0.1) is 5.92 Å². The van der Waals surface area contributed by atoms with Crippen molar-refractivity contribution in [1.29, 1.82) is 0 Å².